The zero-order valence-corrected chi connectivity index (χ0v) is 14.6. The zero-order chi connectivity index (χ0) is 18.2. The molecule has 2 aromatic rings. The Morgan fingerprint density at radius 2 is 1.68 bits per heavy atom. The van der Waals surface area contributed by atoms with Gasteiger partial charge in [-0.15, -0.1) is 0 Å². The summed E-state index contributed by atoms with van der Waals surface area (Å²) in [5.41, 5.74) is 6.68. The van der Waals surface area contributed by atoms with Crippen LogP contribution in [0, 0.1) is 5.92 Å². The van der Waals surface area contributed by atoms with Crippen molar-refractivity contribution >= 4 is 11.8 Å². The van der Waals surface area contributed by atoms with Crippen molar-refractivity contribution in [3.63, 3.8) is 0 Å². The van der Waals surface area contributed by atoms with Crippen LogP contribution in [0.3, 0.4) is 0 Å². The Kier molecular flexibility index (Phi) is 6.57. The van der Waals surface area contributed by atoms with Crippen molar-refractivity contribution < 1.29 is 14.3 Å². The number of hydrogen-bond acceptors (Lipinski definition) is 3. The molecule has 2 aromatic carbocycles. The fraction of sp³-hybridized carbons (Fsp3) is 0.300. The Morgan fingerprint density at radius 1 is 1.04 bits per heavy atom. The third-order valence-electron chi connectivity index (χ3n) is 4.02. The van der Waals surface area contributed by atoms with Crippen LogP contribution in [0.4, 0.5) is 0 Å². The molecule has 0 aliphatic carbocycles. The van der Waals surface area contributed by atoms with Crippen LogP contribution in [0.25, 0.3) is 0 Å². The lowest BCUT2D eigenvalue weighted by Crippen LogP contribution is -2.31. The second-order valence-corrected chi connectivity index (χ2v) is 6.22. The molecule has 2 rings (SSSR count). The summed E-state index contributed by atoms with van der Waals surface area (Å²) in [6.07, 6.45) is 0. The van der Waals surface area contributed by atoms with Gasteiger partial charge >= 0.3 is 0 Å². The Morgan fingerprint density at radius 3 is 2.32 bits per heavy atom. The summed E-state index contributed by atoms with van der Waals surface area (Å²) in [4.78, 5) is 23.5. The molecule has 0 fully saturated rings. The second-order valence-electron chi connectivity index (χ2n) is 6.22. The normalized spacial score (nSPS) is 11.8. The summed E-state index contributed by atoms with van der Waals surface area (Å²) in [6, 6.07) is 16.9. The molecular formula is C20H24N2O3. The largest absolute Gasteiger partial charge is 0.483 e. The first-order chi connectivity index (χ1) is 12.0. The highest BCUT2D eigenvalue weighted by atomic mass is 16.5. The van der Waals surface area contributed by atoms with E-state index in [1.54, 1.807) is 24.3 Å². The molecular weight excluding hydrogens is 316 g/mol. The summed E-state index contributed by atoms with van der Waals surface area (Å²) in [5, 5.41) is 2.97. The monoisotopic (exact) mass is 340 g/mol. The molecule has 0 radical (unpaired) electrons. The van der Waals surface area contributed by atoms with Crippen LogP contribution in [-0.4, -0.2) is 25.0 Å². The molecule has 0 aliphatic heterocycles. The topological polar surface area (TPSA) is 81.4 Å². The number of para-hydroxylation sites is 1. The fourth-order valence-corrected chi connectivity index (χ4v) is 2.67. The minimum atomic E-state index is -0.584. The predicted molar refractivity (Wildman–Crippen MR) is 97.5 cm³/mol. The van der Waals surface area contributed by atoms with Crippen LogP contribution < -0.4 is 15.8 Å². The standard InChI is InChI=1S/C20H24N2O3/c1-14(2)17(15-8-4-3-5-9-15)12-22-20(24)16-10-6-7-11-18(16)25-13-19(21)23/h3-11,14,17H,12-13H2,1-2H3,(H2,21,23)(H,22,24)/t17-/m1/s1. The predicted octanol–water partition coefficient (Wildman–Crippen LogP) is 2.72. The highest BCUT2D eigenvalue weighted by Gasteiger charge is 2.18. The van der Waals surface area contributed by atoms with Gasteiger partial charge in [0.25, 0.3) is 11.8 Å². The van der Waals surface area contributed by atoms with Gasteiger partial charge < -0.3 is 15.8 Å². The van der Waals surface area contributed by atoms with Gasteiger partial charge in [-0.1, -0.05) is 56.3 Å². The molecule has 5 heteroatoms. The average Bonchev–Trinajstić information content (AvgIpc) is 2.61. The van der Waals surface area contributed by atoms with E-state index < -0.39 is 5.91 Å². The first kappa shape index (κ1) is 18.5. The highest BCUT2D eigenvalue weighted by Crippen LogP contribution is 2.24. The van der Waals surface area contributed by atoms with E-state index in [4.69, 9.17) is 10.5 Å². The van der Waals surface area contributed by atoms with Gasteiger partial charge in [0.1, 0.15) is 5.75 Å². The molecule has 0 aliphatic rings. The van der Waals surface area contributed by atoms with E-state index in [0.29, 0.717) is 23.8 Å². The highest BCUT2D eigenvalue weighted by molar-refractivity contribution is 5.97. The lowest BCUT2D eigenvalue weighted by atomic mass is 9.88. The molecule has 0 aromatic heterocycles. The van der Waals surface area contributed by atoms with Gasteiger partial charge in [-0.05, 0) is 23.6 Å². The van der Waals surface area contributed by atoms with E-state index in [9.17, 15) is 9.59 Å². The first-order valence-electron chi connectivity index (χ1n) is 8.32. The number of carbonyl (C=O) groups excluding carboxylic acids is 2. The number of carbonyl (C=O) groups is 2. The molecule has 25 heavy (non-hydrogen) atoms. The summed E-state index contributed by atoms with van der Waals surface area (Å²) in [5.74, 6) is 0.119. The second kappa shape index (κ2) is 8.87. The Hall–Kier alpha value is -2.82. The number of nitrogens with one attached hydrogen (secondary N) is 1. The quantitative estimate of drug-likeness (QED) is 0.775. The molecule has 0 unspecified atom stereocenters. The van der Waals surface area contributed by atoms with E-state index in [2.05, 4.69) is 31.3 Å². The molecule has 1 atom stereocenters. The summed E-state index contributed by atoms with van der Waals surface area (Å²) >= 11 is 0. The van der Waals surface area contributed by atoms with Gasteiger partial charge in [-0.25, -0.2) is 0 Å². The number of amides is 2. The Labute approximate surface area is 148 Å². The van der Waals surface area contributed by atoms with Crippen LogP contribution in [-0.2, 0) is 4.79 Å². The molecule has 2 amide bonds. The number of nitrogens with two attached hydrogens (primary N) is 1. The number of rotatable bonds is 8. The number of benzene rings is 2. The number of hydrogen-bond donors (Lipinski definition) is 2. The van der Waals surface area contributed by atoms with Gasteiger partial charge in [0.15, 0.2) is 6.61 Å². The molecule has 5 nitrogen and oxygen atoms in total. The molecule has 132 valence electrons. The fourth-order valence-electron chi connectivity index (χ4n) is 2.67. The average molecular weight is 340 g/mol. The lowest BCUT2D eigenvalue weighted by Gasteiger charge is -2.22. The SMILES string of the molecule is CC(C)[C@@H](CNC(=O)c1ccccc1OCC(N)=O)c1ccccc1. The number of primary amides is 1. The van der Waals surface area contributed by atoms with Crippen molar-refractivity contribution in [2.75, 3.05) is 13.2 Å². The van der Waals surface area contributed by atoms with E-state index >= 15 is 0 Å². The summed E-state index contributed by atoms with van der Waals surface area (Å²) in [6.45, 7) is 4.52. The van der Waals surface area contributed by atoms with Gasteiger partial charge in [0, 0.05) is 12.5 Å². The third kappa shape index (κ3) is 5.35. The maximum absolute atomic E-state index is 12.6. The van der Waals surface area contributed by atoms with Crippen LogP contribution in [0.15, 0.2) is 54.6 Å². The maximum atomic E-state index is 12.6. The van der Waals surface area contributed by atoms with E-state index in [0.717, 1.165) is 0 Å². The van der Waals surface area contributed by atoms with E-state index in [-0.39, 0.29) is 18.4 Å². The summed E-state index contributed by atoms with van der Waals surface area (Å²) < 4.78 is 5.32. The van der Waals surface area contributed by atoms with Gasteiger partial charge in [0.2, 0.25) is 0 Å². The van der Waals surface area contributed by atoms with Crippen LogP contribution in [0.5, 0.6) is 5.75 Å². The van der Waals surface area contributed by atoms with Crippen molar-refractivity contribution in [3.05, 3.63) is 65.7 Å². The molecule has 0 saturated heterocycles. The maximum Gasteiger partial charge on any atom is 0.255 e. The minimum Gasteiger partial charge on any atom is -0.483 e. The van der Waals surface area contributed by atoms with Crippen LogP contribution in [0.2, 0.25) is 0 Å². The lowest BCUT2D eigenvalue weighted by molar-refractivity contribution is -0.119. The van der Waals surface area contributed by atoms with Crippen molar-refractivity contribution in [1.29, 1.82) is 0 Å². The molecule has 0 saturated carbocycles. The Bertz CT molecular complexity index is 714. The van der Waals surface area contributed by atoms with Crippen LogP contribution >= 0.6 is 0 Å². The van der Waals surface area contributed by atoms with Crippen molar-refractivity contribution in [1.82, 2.24) is 5.32 Å². The van der Waals surface area contributed by atoms with Gasteiger partial charge in [-0.3, -0.25) is 9.59 Å². The van der Waals surface area contributed by atoms with Crippen molar-refractivity contribution in [3.8, 4) is 5.75 Å². The Balaban J connectivity index is 2.07. The molecule has 0 bridgehead atoms. The summed E-state index contributed by atoms with van der Waals surface area (Å²) in [7, 11) is 0. The van der Waals surface area contributed by atoms with Crippen molar-refractivity contribution in [2.24, 2.45) is 11.7 Å². The van der Waals surface area contributed by atoms with Crippen LogP contribution in [0.1, 0.15) is 35.7 Å². The van der Waals surface area contributed by atoms with E-state index in [1.807, 2.05) is 18.2 Å². The first-order valence-corrected chi connectivity index (χ1v) is 8.32. The van der Waals surface area contributed by atoms with Gasteiger partial charge in [-0.2, -0.15) is 0 Å². The van der Waals surface area contributed by atoms with Gasteiger partial charge in [0.05, 0.1) is 5.56 Å². The van der Waals surface area contributed by atoms with E-state index in [1.165, 1.54) is 5.56 Å². The molecule has 3 N–H and O–H groups in total. The zero-order valence-electron chi connectivity index (χ0n) is 14.6. The van der Waals surface area contributed by atoms with Crippen molar-refractivity contribution in [2.45, 2.75) is 19.8 Å². The molecule has 0 spiro atoms. The number of ether oxygens (including phenoxy) is 1. The molecule has 0 heterocycles. The smallest absolute Gasteiger partial charge is 0.255 e. The third-order valence-corrected chi connectivity index (χ3v) is 4.02. The minimum absolute atomic E-state index is 0.212.